The monoisotopic (exact) mass is 460 g/mol. The second kappa shape index (κ2) is 11.9. The van der Waals surface area contributed by atoms with E-state index >= 15 is 0 Å². The molecule has 1 fully saturated rings. The molecular formula is C23H32N4O4S. The van der Waals surface area contributed by atoms with Gasteiger partial charge in [-0.2, -0.15) is 0 Å². The molecule has 1 atom stereocenters. The first kappa shape index (κ1) is 24.1. The van der Waals surface area contributed by atoms with Gasteiger partial charge in [0.05, 0.1) is 25.4 Å². The minimum absolute atomic E-state index is 0.0139. The molecule has 0 bridgehead atoms. The molecule has 1 amide bonds. The number of benzene rings is 1. The average Bonchev–Trinajstić information content (AvgIpc) is 3.24. The molecule has 8 nitrogen and oxygen atoms in total. The lowest BCUT2D eigenvalue weighted by Gasteiger charge is -2.31. The van der Waals surface area contributed by atoms with E-state index in [9.17, 15) is 9.59 Å². The number of likely N-dealkylation sites (tertiary alicyclic amines) is 1. The zero-order valence-electron chi connectivity index (χ0n) is 19.1. The molecule has 1 aromatic heterocycles. The van der Waals surface area contributed by atoms with E-state index in [1.165, 1.54) is 11.8 Å². The van der Waals surface area contributed by atoms with Crippen LogP contribution in [0.4, 0.5) is 0 Å². The van der Waals surface area contributed by atoms with Crippen LogP contribution in [-0.4, -0.2) is 64.1 Å². The topological polar surface area (TPSA) is 86.6 Å². The lowest BCUT2D eigenvalue weighted by molar-refractivity contribution is -0.151. The summed E-state index contributed by atoms with van der Waals surface area (Å²) in [5, 5.41) is 9.51. The summed E-state index contributed by atoms with van der Waals surface area (Å²) in [5.74, 6) is 1.42. The highest BCUT2D eigenvalue weighted by molar-refractivity contribution is 7.99. The molecule has 1 saturated heterocycles. The third-order valence-corrected chi connectivity index (χ3v) is 6.47. The molecule has 1 aromatic carbocycles. The smallest absolute Gasteiger partial charge is 0.310 e. The molecule has 1 aliphatic rings. The summed E-state index contributed by atoms with van der Waals surface area (Å²) in [4.78, 5) is 26.7. The van der Waals surface area contributed by atoms with E-state index < -0.39 is 0 Å². The molecule has 32 heavy (non-hydrogen) atoms. The number of rotatable bonds is 10. The number of methoxy groups -OCH3 is 1. The highest BCUT2D eigenvalue weighted by Gasteiger charge is 2.29. The van der Waals surface area contributed by atoms with E-state index in [1.54, 1.807) is 18.9 Å². The van der Waals surface area contributed by atoms with Gasteiger partial charge in [-0.25, -0.2) is 0 Å². The van der Waals surface area contributed by atoms with Gasteiger partial charge in [-0.1, -0.05) is 25.1 Å². The Morgan fingerprint density at radius 2 is 1.97 bits per heavy atom. The van der Waals surface area contributed by atoms with Crippen molar-refractivity contribution in [2.75, 3.05) is 32.6 Å². The van der Waals surface area contributed by atoms with Gasteiger partial charge >= 0.3 is 5.97 Å². The number of piperidine rings is 1. The van der Waals surface area contributed by atoms with Crippen molar-refractivity contribution in [2.24, 2.45) is 5.92 Å². The van der Waals surface area contributed by atoms with Crippen molar-refractivity contribution in [2.45, 2.75) is 51.2 Å². The van der Waals surface area contributed by atoms with Crippen molar-refractivity contribution in [3.63, 3.8) is 0 Å². The Labute approximate surface area is 193 Å². The number of amides is 1. The highest BCUT2D eigenvalue weighted by atomic mass is 32.2. The number of carbonyl (C=O) groups excluding carboxylic acids is 2. The summed E-state index contributed by atoms with van der Waals surface area (Å²) in [5.41, 5.74) is 0.959. The minimum atomic E-state index is -0.229. The van der Waals surface area contributed by atoms with Crippen LogP contribution in [0.1, 0.15) is 39.5 Å². The molecule has 0 spiro atoms. The van der Waals surface area contributed by atoms with Crippen LogP contribution in [0.15, 0.2) is 29.4 Å². The fraction of sp³-hybridized carbons (Fsp3) is 0.565. The van der Waals surface area contributed by atoms with E-state index in [-0.39, 0.29) is 23.5 Å². The van der Waals surface area contributed by atoms with E-state index in [4.69, 9.17) is 9.47 Å². The normalized spacial score (nSPS) is 16.1. The number of aromatic nitrogens is 3. The second-order valence-corrected chi connectivity index (χ2v) is 8.70. The quantitative estimate of drug-likeness (QED) is 0.395. The molecule has 0 saturated carbocycles. The standard InChI is InChI=1S/C23H32N4O4S/c1-4-6-14-27-21(17-9-11-19(30-3)12-10-17)24-25-23(27)32-16-20(28)26-13-7-8-18(15-26)22(29)31-5-2/h9-12,18H,4-8,13-16H2,1-3H3. The minimum Gasteiger partial charge on any atom is -0.497 e. The Morgan fingerprint density at radius 1 is 1.19 bits per heavy atom. The van der Waals surface area contributed by atoms with Gasteiger partial charge in [0.2, 0.25) is 5.91 Å². The maximum atomic E-state index is 12.9. The van der Waals surface area contributed by atoms with Crippen LogP contribution < -0.4 is 4.74 Å². The van der Waals surface area contributed by atoms with Crippen molar-refractivity contribution < 1.29 is 19.1 Å². The molecule has 9 heteroatoms. The Morgan fingerprint density at radius 3 is 2.66 bits per heavy atom. The predicted octanol–water partition coefficient (Wildman–Crippen LogP) is 3.65. The van der Waals surface area contributed by atoms with Gasteiger partial charge in [0.25, 0.3) is 0 Å². The summed E-state index contributed by atoms with van der Waals surface area (Å²) >= 11 is 1.40. The summed E-state index contributed by atoms with van der Waals surface area (Å²) in [6.07, 6.45) is 3.63. The summed E-state index contributed by atoms with van der Waals surface area (Å²) in [6, 6.07) is 7.74. The zero-order valence-corrected chi connectivity index (χ0v) is 19.9. The first-order chi connectivity index (χ1) is 15.6. The Bertz CT molecular complexity index is 900. The summed E-state index contributed by atoms with van der Waals surface area (Å²) in [7, 11) is 1.64. The van der Waals surface area contributed by atoms with Gasteiger partial charge in [-0.05, 0) is 50.5 Å². The lowest BCUT2D eigenvalue weighted by atomic mass is 9.98. The summed E-state index contributed by atoms with van der Waals surface area (Å²) < 4.78 is 12.5. The van der Waals surface area contributed by atoms with Crippen LogP contribution in [0.3, 0.4) is 0 Å². The van der Waals surface area contributed by atoms with Crippen molar-refractivity contribution in [3.05, 3.63) is 24.3 Å². The third-order valence-electron chi connectivity index (χ3n) is 5.52. The summed E-state index contributed by atoms with van der Waals surface area (Å²) in [6.45, 7) is 6.20. The zero-order chi connectivity index (χ0) is 22.9. The maximum absolute atomic E-state index is 12.9. The fourth-order valence-corrected chi connectivity index (χ4v) is 4.61. The predicted molar refractivity (Wildman–Crippen MR) is 124 cm³/mol. The van der Waals surface area contributed by atoms with Gasteiger partial charge in [0, 0.05) is 25.2 Å². The van der Waals surface area contributed by atoms with Crippen LogP contribution in [-0.2, 0) is 20.9 Å². The Hall–Kier alpha value is -2.55. The SMILES string of the molecule is CCCCn1c(SCC(=O)N2CCCC(C(=O)OCC)C2)nnc1-c1ccc(OC)cc1. The molecule has 3 rings (SSSR count). The maximum Gasteiger partial charge on any atom is 0.310 e. The van der Waals surface area contributed by atoms with Crippen molar-refractivity contribution in [1.82, 2.24) is 19.7 Å². The highest BCUT2D eigenvalue weighted by Crippen LogP contribution is 2.27. The number of nitrogens with zero attached hydrogens (tertiary/aromatic N) is 4. The molecular weight excluding hydrogens is 428 g/mol. The number of hydrogen-bond acceptors (Lipinski definition) is 7. The first-order valence-corrected chi connectivity index (χ1v) is 12.2. The van der Waals surface area contributed by atoms with E-state index in [1.807, 2.05) is 24.3 Å². The van der Waals surface area contributed by atoms with Crippen molar-refractivity contribution >= 4 is 23.6 Å². The van der Waals surface area contributed by atoms with Crippen LogP contribution in [0, 0.1) is 5.92 Å². The molecule has 0 N–H and O–H groups in total. The van der Waals surface area contributed by atoms with E-state index in [0.29, 0.717) is 19.7 Å². The molecule has 1 unspecified atom stereocenters. The van der Waals surface area contributed by atoms with Gasteiger partial charge in [-0.3, -0.25) is 9.59 Å². The average molecular weight is 461 g/mol. The van der Waals surface area contributed by atoms with Crippen LogP contribution >= 0.6 is 11.8 Å². The van der Waals surface area contributed by atoms with E-state index in [0.717, 1.165) is 54.5 Å². The van der Waals surface area contributed by atoms with Crippen molar-refractivity contribution in [3.8, 4) is 17.1 Å². The number of unbranched alkanes of at least 4 members (excludes halogenated alkanes) is 1. The number of carbonyl (C=O) groups is 2. The number of hydrogen-bond donors (Lipinski definition) is 0. The lowest BCUT2D eigenvalue weighted by Crippen LogP contribution is -2.43. The number of ether oxygens (including phenoxy) is 2. The van der Waals surface area contributed by atoms with Gasteiger partial charge in [0.1, 0.15) is 5.75 Å². The largest absolute Gasteiger partial charge is 0.497 e. The molecule has 174 valence electrons. The van der Waals surface area contributed by atoms with E-state index in [2.05, 4.69) is 21.7 Å². The van der Waals surface area contributed by atoms with Gasteiger partial charge < -0.3 is 18.9 Å². The van der Waals surface area contributed by atoms with Crippen molar-refractivity contribution in [1.29, 1.82) is 0 Å². The Kier molecular flexibility index (Phi) is 8.96. The van der Waals surface area contributed by atoms with Crippen LogP contribution in [0.25, 0.3) is 11.4 Å². The van der Waals surface area contributed by atoms with Gasteiger partial charge in [0.15, 0.2) is 11.0 Å². The number of esters is 1. The third kappa shape index (κ3) is 6.03. The van der Waals surface area contributed by atoms with Crippen LogP contribution in [0.5, 0.6) is 5.75 Å². The molecule has 0 aliphatic carbocycles. The first-order valence-electron chi connectivity index (χ1n) is 11.2. The molecule has 0 radical (unpaired) electrons. The fourth-order valence-electron chi connectivity index (χ4n) is 3.74. The Balaban J connectivity index is 1.67. The van der Waals surface area contributed by atoms with Gasteiger partial charge in [-0.15, -0.1) is 10.2 Å². The second-order valence-electron chi connectivity index (χ2n) is 7.76. The van der Waals surface area contributed by atoms with Crippen LogP contribution in [0.2, 0.25) is 0 Å². The molecule has 2 heterocycles. The molecule has 1 aliphatic heterocycles. The number of thioether (sulfide) groups is 1. The molecule has 2 aromatic rings.